The molecule has 1 heterocycles. The Kier molecular flexibility index (Phi) is 1.74. The van der Waals surface area contributed by atoms with E-state index in [0.717, 1.165) is 13.0 Å². The molecule has 0 amide bonds. The Labute approximate surface area is 107 Å². The minimum absolute atomic E-state index is 0.0214. The summed E-state index contributed by atoms with van der Waals surface area (Å²) in [6.07, 6.45) is 2.27. The number of nitrogens with zero attached hydrogens (tertiary/aromatic N) is 1. The summed E-state index contributed by atoms with van der Waals surface area (Å²) in [5.74, 6) is 0.489. The molecule has 0 N–H and O–H groups in total. The van der Waals surface area contributed by atoms with Gasteiger partial charge in [0, 0.05) is 10.8 Å². The van der Waals surface area contributed by atoms with Gasteiger partial charge in [-0.3, -0.25) is 0 Å². The molecule has 2 nitrogen and oxygen atoms in total. The molecule has 1 saturated heterocycles. The van der Waals surface area contributed by atoms with Gasteiger partial charge >= 0.3 is 0 Å². The largest absolute Gasteiger partial charge is 0.356 e. The quantitative estimate of drug-likeness (QED) is 0.637. The first-order chi connectivity index (χ1) is 6.86. The van der Waals surface area contributed by atoms with Crippen LogP contribution < -0.4 is 0 Å². The number of hydrogen-bond acceptors (Lipinski definition) is 2. The second-order valence-electron chi connectivity index (χ2n) is 5.55. The Hall–Kier alpha value is 0.410. The van der Waals surface area contributed by atoms with Gasteiger partial charge < -0.3 is 4.74 Å². The maximum atomic E-state index is 9.55. The van der Waals surface area contributed by atoms with E-state index in [4.69, 9.17) is 4.74 Å². The van der Waals surface area contributed by atoms with E-state index in [-0.39, 0.29) is 14.1 Å². The first kappa shape index (κ1) is 10.6. The number of nitriles is 1. The molecule has 82 valence electrons. The highest BCUT2D eigenvalue weighted by atomic mass is 79.9. The van der Waals surface area contributed by atoms with E-state index in [1.165, 1.54) is 6.42 Å². The van der Waals surface area contributed by atoms with Gasteiger partial charge in [0.25, 0.3) is 0 Å². The Balaban J connectivity index is 2.30. The van der Waals surface area contributed by atoms with Gasteiger partial charge in [0.1, 0.15) is 9.30 Å². The zero-order valence-corrected chi connectivity index (χ0v) is 12.0. The molecule has 0 spiro atoms. The maximum absolute atomic E-state index is 9.55. The third kappa shape index (κ3) is 0.723. The lowest BCUT2D eigenvalue weighted by Gasteiger charge is -2.44. The Morgan fingerprint density at radius 2 is 2.07 bits per heavy atom. The standard InChI is InChI=1S/C11H13Br2NO/c1-8-6-15-10(5-14)9(8,2)4-3-7(8)11(10,12)13/h7H,3-4,6H2,1-2H3. The molecule has 2 saturated carbocycles. The van der Waals surface area contributed by atoms with Crippen LogP contribution >= 0.6 is 31.9 Å². The van der Waals surface area contributed by atoms with Gasteiger partial charge in [0.15, 0.2) is 5.60 Å². The van der Waals surface area contributed by atoms with Gasteiger partial charge in [0.05, 0.1) is 6.61 Å². The predicted octanol–water partition coefficient (Wildman–Crippen LogP) is 3.20. The summed E-state index contributed by atoms with van der Waals surface area (Å²) in [4.78, 5) is 0. The molecular weight excluding hydrogens is 322 g/mol. The van der Waals surface area contributed by atoms with Gasteiger partial charge in [-0.2, -0.15) is 5.26 Å². The minimum Gasteiger partial charge on any atom is -0.356 e. The zero-order chi connectivity index (χ0) is 11.1. The fraction of sp³-hybridized carbons (Fsp3) is 0.909. The highest BCUT2D eigenvalue weighted by molar-refractivity contribution is 9.25. The molecule has 4 bridgehead atoms. The van der Waals surface area contributed by atoms with Crippen molar-refractivity contribution in [2.75, 3.05) is 6.61 Å². The summed E-state index contributed by atoms with van der Waals surface area (Å²) in [5, 5.41) is 9.55. The van der Waals surface area contributed by atoms with E-state index in [1.54, 1.807) is 0 Å². The SMILES string of the molecule is CC12COC3(C#N)C(Br)(Br)C1CCC23C. The topological polar surface area (TPSA) is 33.0 Å². The van der Waals surface area contributed by atoms with E-state index >= 15 is 0 Å². The molecule has 15 heavy (non-hydrogen) atoms. The van der Waals surface area contributed by atoms with Crippen molar-refractivity contribution in [1.82, 2.24) is 0 Å². The summed E-state index contributed by atoms with van der Waals surface area (Å²) >= 11 is 7.43. The van der Waals surface area contributed by atoms with Crippen LogP contribution in [-0.2, 0) is 4.74 Å². The summed E-state index contributed by atoms with van der Waals surface area (Å²) < 4.78 is 5.53. The molecule has 0 radical (unpaired) electrons. The molecule has 2 aliphatic carbocycles. The molecule has 3 rings (SSSR count). The van der Waals surface area contributed by atoms with Crippen LogP contribution in [0.15, 0.2) is 0 Å². The first-order valence-corrected chi connectivity index (χ1v) is 6.87. The van der Waals surface area contributed by atoms with E-state index in [1.807, 2.05) is 0 Å². The normalized spacial score (nSPS) is 59.5. The van der Waals surface area contributed by atoms with Crippen molar-refractivity contribution < 1.29 is 4.74 Å². The molecule has 4 atom stereocenters. The smallest absolute Gasteiger partial charge is 0.185 e. The maximum Gasteiger partial charge on any atom is 0.185 e. The average Bonchev–Trinajstić information content (AvgIpc) is 2.56. The van der Waals surface area contributed by atoms with Crippen molar-refractivity contribution in [3.05, 3.63) is 0 Å². The molecular formula is C11H13Br2NO. The average molecular weight is 335 g/mol. The number of halogens is 2. The summed E-state index contributed by atoms with van der Waals surface area (Å²) in [7, 11) is 0. The second kappa shape index (κ2) is 2.47. The lowest BCUT2D eigenvalue weighted by atomic mass is 9.67. The lowest BCUT2D eigenvalue weighted by molar-refractivity contribution is -0.0411. The highest BCUT2D eigenvalue weighted by Gasteiger charge is 2.85. The monoisotopic (exact) mass is 333 g/mol. The number of ether oxygens (including phenoxy) is 1. The van der Waals surface area contributed by atoms with Gasteiger partial charge in [0.2, 0.25) is 0 Å². The lowest BCUT2D eigenvalue weighted by Crippen LogP contribution is -2.54. The molecule has 1 aliphatic heterocycles. The minimum atomic E-state index is -0.697. The van der Waals surface area contributed by atoms with E-state index in [0.29, 0.717) is 5.92 Å². The highest BCUT2D eigenvalue weighted by Crippen LogP contribution is 2.81. The van der Waals surface area contributed by atoms with E-state index in [2.05, 4.69) is 51.8 Å². The van der Waals surface area contributed by atoms with Crippen molar-refractivity contribution in [1.29, 1.82) is 5.26 Å². The summed E-state index contributed by atoms with van der Waals surface area (Å²) in [5.41, 5.74) is -0.584. The molecule has 3 fully saturated rings. The van der Waals surface area contributed by atoms with Crippen LogP contribution in [0.1, 0.15) is 26.7 Å². The molecule has 4 heteroatoms. The van der Waals surface area contributed by atoms with Gasteiger partial charge in [-0.05, 0) is 18.8 Å². The zero-order valence-electron chi connectivity index (χ0n) is 8.81. The van der Waals surface area contributed by atoms with E-state index < -0.39 is 5.60 Å². The molecule has 0 aromatic carbocycles. The van der Waals surface area contributed by atoms with Crippen molar-refractivity contribution >= 4 is 31.9 Å². The summed E-state index contributed by atoms with van der Waals surface area (Å²) in [6, 6.07) is 2.44. The van der Waals surface area contributed by atoms with Crippen LogP contribution in [0.2, 0.25) is 0 Å². The third-order valence-electron chi connectivity index (χ3n) is 5.39. The third-order valence-corrected chi connectivity index (χ3v) is 7.61. The molecule has 4 unspecified atom stereocenters. The van der Waals surface area contributed by atoms with Gasteiger partial charge in [-0.15, -0.1) is 0 Å². The predicted molar refractivity (Wildman–Crippen MR) is 63.8 cm³/mol. The fourth-order valence-corrected chi connectivity index (χ4v) is 6.95. The van der Waals surface area contributed by atoms with Crippen LogP contribution in [0.4, 0.5) is 0 Å². The van der Waals surface area contributed by atoms with Gasteiger partial charge in [-0.25, -0.2) is 0 Å². The second-order valence-corrected chi connectivity index (χ2v) is 9.11. The molecule has 0 aromatic rings. The van der Waals surface area contributed by atoms with Gasteiger partial charge in [-0.1, -0.05) is 45.7 Å². The number of alkyl halides is 2. The summed E-state index contributed by atoms with van der Waals surface area (Å²) in [6.45, 7) is 5.21. The van der Waals surface area contributed by atoms with Crippen LogP contribution in [0.3, 0.4) is 0 Å². The molecule has 3 aliphatic rings. The number of rotatable bonds is 0. The fourth-order valence-electron chi connectivity index (χ4n) is 4.20. The van der Waals surface area contributed by atoms with Crippen molar-refractivity contribution in [2.45, 2.75) is 35.5 Å². The Morgan fingerprint density at radius 3 is 2.47 bits per heavy atom. The Morgan fingerprint density at radius 1 is 1.40 bits per heavy atom. The molecule has 0 aromatic heterocycles. The Bertz CT molecular complexity index is 391. The first-order valence-electron chi connectivity index (χ1n) is 5.29. The van der Waals surface area contributed by atoms with Crippen molar-refractivity contribution in [3.63, 3.8) is 0 Å². The van der Waals surface area contributed by atoms with Crippen LogP contribution in [-0.4, -0.2) is 15.4 Å². The van der Waals surface area contributed by atoms with E-state index in [9.17, 15) is 5.26 Å². The number of hydrogen-bond donors (Lipinski definition) is 0. The van der Waals surface area contributed by atoms with Crippen LogP contribution in [0, 0.1) is 28.1 Å². The van der Waals surface area contributed by atoms with Crippen LogP contribution in [0.5, 0.6) is 0 Å². The van der Waals surface area contributed by atoms with Crippen LogP contribution in [0.25, 0.3) is 0 Å². The van der Waals surface area contributed by atoms with Crippen molar-refractivity contribution in [2.24, 2.45) is 16.7 Å². The van der Waals surface area contributed by atoms with Crippen molar-refractivity contribution in [3.8, 4) is 6.07 Å².